The number of carbonyl (C=O) groups is 1. The van der Waals surface area contributed by atoms with Crippen LogP contribution in [-0.4, -0.2) is 25.2 Å². The Bertz CT molecular complexity index is 372. The molecule has 0 saturated heterocycles. The molecule has 0 unspecified atom stereocenters. The van der Waals surface area contributed by atoms with Crippen LogP contribution in [0.2, 0.25) is 0 Å². The smallest absolute Gasteiger partial charge is 0.255 e. The zero-order valence-electron chi connectivity index (χ0n) is 9.58. The third-order valence-corrected chi connectivity index (χ3v) is 3.52. The van der Waals surface area contributed by atoms with Crippen LogP contribution in [0.25, 0.3) is 0 Å². The number of furan rings is 1. The van der Waals surface area contributed by atoms with E-state index in [9.17, 15) is 4.79 Å². The molecule has 2 rings (SSSR count). The molecule has 0 aromatic carbocycles. The Balaban J connectivity index is 1.65. The topological polar surface area (TPSA) is 51.5 Å². The standard InChI is InChI=1S/C12H16BrNO3/c13-11-10(5-7-17-11)12(15)14-6-8-16-9-3-1-2-4-9/h5,7,9H,1-4,6,8H2,(H,14,15). The molecule has 0 atom stereocenters. The molecular weight excluding hydrogens is 286 g/mol. The van der Waals surface area contributed by atoms with Crippen LogP contribution in [-0.2, 0) is 4.74 Å². The average Bonchev–Trinajstić information content (AvgIpc) is 2.95. The summed E-state index contributed by atoms with van der Waals surface area (Å²) in [4.78, 5) is 11.7. The predicted molar refractivity (Wildman–Crippen MR) is 66.9 cm³/mol. The predicted octanol–water partition coefficient (Wildman–Crippen LogP) is 2.73. The second kappa shape index (κ2) is 6.21. The van der Waals surface area contributed by atoms with Gasteiger partial charge in [-0.15, -0.1) is 0 Å². The van der Waals surface area contributed by atoms with E-state index in [1.165, 1.54) is 19.1 Å². The van der Waals surface area contributed by atoms with Gasteiger partial charge in [-0.3, -0.25) is 4.79 Å². The summed E-state index contributed by atoms with van der Waals surface area (Å²) in [7, 11) is 0. The lowest BCUT2D eigenvalue weighted by Gasteiger charge is -2.11. The molecule has 94 valence electrons. The summed E-state index contributed by atoms with van der Waals surface area (Å²) >= 11 is 3.17. The molecule has 1 aliphatic rings. The van der Waals surface area contributed by atoms with Gasteiger partial charge in [0.15, 0.2) is 4.67 Å². The van der Waals surface area contributed by atoms with Gasteiger partial charge >= 0.3 is 0 Å². The summed E-state index contributed by atoms with van der Waals surface area (Å²) in [6.45, 7) is 1.11. The highest BCUT2D eigenvalue weighted by molar-refractivity contribution is 9.10. The van der Waals surface area contributed by atoms with Crippen molar-refractivity contribution in [1.82, 2.24) is 5.32 Å². The molecule has 0 bridgehead atoms. The van der Waals surface area contributed by atoms with E-state index in [2.05, 4.69) is 21.2 Å². The third kappa shape index (κ3) is 3.57. The molecule has 1 saturated carbocycles. The van der Waals surface area contributed by atoms with Crippen LogP contribution >= 0.6 is 15.9 Å². The number of rotatable bonds is 5. The van der Waals surface area contributed by atoms with Gasteiger partial charge in [-0.05, 0) is 34.8 Å². The molecule has 0 aliphatic heterocycles. The molecule has 1 fully saturated rings. The van der Waals surface area contributed by atoms with Crippen LogP contribution < -0.4 is 5.32 Å². The summed E-state index contributed by atoms with van der Waals surface area (Å²) in [6, 6.07) is 1.64. The summed E-state index contributed by atoms with van der Waals surface area (Å²) < 4.78 is 11.1. The van der Waals surface area contributed by atoms with Crippen molar-refractivity contribution in [2.75, 3.05) is 13.2 Å². The second-order valence-electron chi connectivity index (χ2n) is 4.14. The SMILES string of the molecule is O=C(NCCOC1CCCC1)c1ccoc1Br. The summed E-state index contributed by atoms with van der Waals surface area (Å²) in [5.74, 6) is -0.138. The summed E-state index contributed by atoms with van der Waals surface area (Å²) in [5.41, 5.74) is 0.519. The minimum atomic E-state index is -0.138. The number of hydrogen-bond donors (Lipinski definition) is 1. The van der Waals surface area contributed by atoms with Crippen LogP contribution in [0.1, 0.15) is 36.0 Å². The molecule has 1 N–H and O–H groups in total. The van der Waals surface area contributed by atoms with Crippen LogP contribution in [0.15, 0.2) is 21.4 Å². The molecule has 1 amide bonds. The maximum Gasteiger partial charge on any atom is 0.255 e. The van der Waals surface area contributed by atoms with Gasteiger partial charge in [-0.1, -0.05) is 12.8 Å². The number of hydrogen-bond acceptors (Lipinski definition) is 3. The minimum absolute atomic E-state index is 0.138. The largest absolute Gasteiger partial charge is 0.457 e. The van der Waals surface area contributed by atoms with Crippen molar-refractivity contribution in [2.24, 2.45) is 0 Å². The lowest BCUT2D eigenvalue weighted by Crippen LogP contribution is -2.28. The van der Waals surface area contributed by atoms with Crippen molar-refractivity contribution in [2.45, 2.75) is 31.8 Å². The Hall–Kier alpha value is -0.810. The zero-order valence-corrected chi connectivity index (χ0v) is 11.2. The van der Waals surface area contributed by atoms with Crippen molar-refractivity contribution >= 4 is 21.8 Å². The Kier molecular flexibility index (Phi) is 4.62. The number of amides is 1. The van der Waals surface area contributed by atoms with E-state index in [4.69, 9.17) is 9.15 Å². The Morgan fingerprint density at radius 3 is 2.94 bits per heavy atom. The van der Waals surface area contributed by atoms with E-state index in [1.54, 1.807) is 6.07 Å². The first kappa shape index (κ1) is 12.6. The van der Waals surface area contributed by atoms with Crippen molar-refractivity contribution in [3.05, 3.63) is 22.6 Å². The highest BCUT2D eigenvalue weighted by atomic mass is 79.9. The van der Waals surface area contributed by atoms with Crippen molar-refractivity contribution in [1.29, 1.82) is 0 Å². The molecule has 0 spiro atoms. The molecule has 17 heavy (non-hydrogen) atoms. The fourth-order valence-electron chi connectivity index (χ4n) is 2.00. The molecule has 4 nitrogen and oxygen atoms in total. The highest BCUT2D eigenvalue weighted by Crippen LogP contribution is 2.20. The fraction of sp³-hybridized carbons (Fsp3) is 0.583. The molecule has 1 aromatic rings. The van der Waals surface area contributed by atoms with Gasteiger partial charge in [0.1, 0.15) is 0 Å². The Morgan fingerprint density at radius 1 is 1.53 bits per heavy atom. The maximum absolute atomic E-state index is 11.7. The Labute approximate surface area is 109 Å². The van der Waals surface area contributed by atoms with Gasteiger partial charge in [0.2, 0.25) is 0 Å². The van der Waals surface area contributed by atoms with Crippen molar-refractivity contribution < 1.29 is 13.9 Å². The summed E-state index contributed by atoms with van der Waals surface area (Å²) in [5, 5.41) is 2.80. The fourth-order valence-corrected chi connectivity index (χ4v) is 2.42. The quantitative estimate of drug-likeness (QED) is 0.851. The average molecular weight is 302 g/mol. The van der Waals surface area contributed by atoms with E-state index in [0.29, 0.717) is 29.5 Å². The highest BCUT2D eigenvalue weighted by Gasteiger charge is 2.15. The molecule has 5 heteroatoms. The van der Waals surface area contributed by atoms with E-state index < -0.39 is 0 Å². The van der Waals surface area contributed by atoms with Crippen LogP contribution in [0.3, 0.4) is 0 Å². The van der Waals surface area contributed by atoms with Crippen molar-refractivity contribution in [3.8, 4) is 0 Å². The number of carbonyl (C=O) groups excluding carboxylic acids is 1. The van der Waals surface area contributed by atoms with E-state index in [-0.39, 0.29) is 5.91 Å². The first-order valence-corrected chi connectivity index (χ1v) is 6.69. The second-order valence-corrected chi connectivity index (χ2v) is 4.86. The van der Waals surface area contributed by atoms with Gasteiger partial charge in [-0.2, -0.15) is 0 Å². The summed E-state index contributed by atoms with van der Waals surface area (Å²) in [6.07, 6.45) is 6.71. The number of nitrogens with one attached hydrogen (secondary N) is 1. The van der Waals surface area contributed by atoms with Gasteiger partial charge in [-0.25, -0.2) is 0 Å². The molecule has 1 aliphatic carbocycles. The maximum atomic E-state index is 11.7. The number of halogens is 1. The zero-order chi connectivity index (χ0) is 12.1. The van der Waals surface area contributed by atoms with Gasteiger partial charge in [0.05, 0.1) is 24.5 Å². The monoisotopic (exact) mass is 301 g/mol. The first-order valence-electron chi connectivity index (χ1n) is 5.90. The van der Waals surface area contributed by atoms with Crippen molar-refractivity contribution in [3.63, 3.8) is 0 Å². The third-order valence-electron chi connectivity index (χ3n) is 2.91. The molecule has 1 aromatic heterocycles. The minimum Gasteiger partial charge on any atom is -0.457 e. The van der Waals surface area contributed by atoms with Gasteiger partial charge in [0.25, 0.3) is 5.91 Å². The normalized spacial score (nSPS) is 16.3. The molecular formula is C12H16BrNO3. The van der Waals surface area contributed by atoms with E-state index in [0.717, 1.165) is 12.8 Å². The van der Waals surface area contributed by atoms with Crippen LogP contribution in [0, 0.1) is 0 Å². The number of ether oxygens (including phenoxy) is 1. The Morgan fingerprint density at radius 2 is 2.29 bits per heavy atom. The first-order chi connectivity index (χ1) is 8.27. The molecule has 0 radical (unpaired) electrons. The lowest BCUT2D eigenvalue weighted by molar-refractivity contribution is 0.0581. The van der Waals surface area contributed by atoms with Gasteiger partial charge in [0, 0.05) is 6.54 Å². The van der Waals surface area contributed by atoms with E-state index >= 15 is 0 Å². The lowest BCUT2D eigenvalue weighted by atomic mass is 10.3. The molecule has 1 heterocycles. The van der Waals surface area contributed by atoms with Gasteiger partial charge < -0.3 is 14.5 Å². The van der Waals surface area contributed by atoms with E-state index in [1.807, 2.05) is 0 Å². The van der Waals surface area contributed by atoms with Crippen LogP contribution in [0.4, 0.5) is 0 Å². The van der Waals surface area contributed by atoms with Crippen LogP contribution in [0.5, 0.6) is 0 Å².